The van der Waals surface area contributed by atoms with Gasteiger partial charge in [0.2, 0.25) is 0 Å². The number of hydrogen-bond donors (Lipinski definition) is 1. The Balaban J connectivity index is 2.30. The summed E-state index contributed by atoms with van der Waals surface area (Å²) in [5, 5.41) is 3.05. The van der Waals surface area contributed by atoms with Crippen LogP contribution in [0.3, 0.4) is 0 Å². The summed E-state index contributed by atoms with van der Waals surface area (Å²) in [6.07, 6.45) is -3.53. The highest BCUT2D eigenvalue weighted by Crippen LogP contribution is 2.39. The van der Waals surface area contributed by atoms with Gasteiger partial charge in [-0.05, 0) is 18.5 Å². The van der Waals surface area contributed by atoms with E-state index in [1.54, 1.807) is 35.2 Å². The maximum absolute atomic E-state index is 13.4. The lowest BCUT2D eigenvalue weighted by atomic mass is 10.00. The number of nitrogens with zero attached hydrogens (tertiary/aromatic N) is 1. The minimum absolute atomic E-state index is 0.0215. The first-order valence-corrected chi connectivity index (χ1v) is 6.62. The van der Waals surface area contributed by atoms with Crippen LogP contribution in [-0.4, -0.2) is 36.8 Å². The predicted octanol–water partition coefficient (Wildman–Crippen LogP) is 2.97. The van der Waals surface area contributed by atoms with E-state index in [2.05, 4.69) is 5.32 Å². The molecule has 0 spiro atoms. The largest absolute Gasteiger partial charge is 0.408 e. The van der Waals surface area contributed by atoms with Crippen LogP contribution < -0.4 is 5.32 Å². The summed E-state index contributed by atoms with van der Waals surface area (Å²) in [7, 11) is 0. The van der Waals surface area contributed by atoms with Crippen LogP contribution in [0.15, 0.2) is 30.3 Å². The molecular weight excluding hydrogens is 253 g/mol. The second kappa shape index (κ2) is 5.92. The van der Waals surface area contributed by atoms with Crippen molar-refractivity contribution in [2.45, 2.75) is 31.6 Å². The van der Waals surface area contributed by atoms with E-state index in [0.717, 1.165) is 6.42 Å². The van der Waals surface area contributed by atoms with Gasteiger partial charge in [0.25, 0.3) is 0 Å². The van der Waals surface area contributed by atoms with E-state index < -0.39 is 12.2 Å². The van der Waals surface area contributed by atoms with Crippen LogP contribution in [0.25, 0.3) is 0 Å². The van der Waals surface area contributed by atoms with Gasteiger partial charge in [0.05, 0.1) is 0 Å². The predicted molar refractivity (Wildman–Crippen MR) is 68.9 cm³/mol. The maximum Gasteiger partial charge on any atom is 0.408 e. The molecule has 0 saturated carbocycles. The van der Waals surface area contributed by atoms with Gasteiger partial charge in [-0.2, -0.15) is 13.2 Å². The van der Waals surface area contributed by atoms with Gasteiger partial charge >= 0.3 is 6.18 Å². The molecule has 0 aromatic heterocycles. The average molecular weight is 272 g/mol. The standard InChI is InChI=1S/C14H19F3N2/c1-2-8-19(12-9-18-10-12)13(14(15,16)17)11-6-4-3-5-7-11/h3-7,12-13,18H,2,8-10H2,1H3. The Labute approximate surface area is 111 Å². The van der Waals surface area contributed by atoms with Crippen LogP contribution in [0, 0.1) is 0 Å². The fraction of sp³-hybridized carbons (Fsp3) is 0.571. The number of alkyl halides is 3. The van der Waals surface area contributed by atoms with E-state index in [0.29, 0.717) is 25.2 Å². The fourth-order valence-corrected chi connectivity index (χ4v) is 2.49. The summed E-state index contributed by atoms with van der Waals surface area (Å²) >= 11 is 0. The molecule has 106 valence electrons. The van der Waals surface area contributed by atoms with Crippen molar-refractivity contribution in [1.29, 1.82) is 0 Å². The first-order valence-electron chi connectivity index (χ1n) is 6.62. The highest BCUT2D eigenvalue weighted by molar-refractivity contribution is 5.21. The summed E-state index contributed by atoms with van der Waals surface area (Å²) in [4.78, 5) is 1.59. The second-order valence-corrected chi connectivity index (χ2v) is 4.90. The van der Waals surface area contributed by atoms with Crippen molar-refractivity contribution in [2.24, 2.45) is 0 Å². The Bertz CT molecular complexity index is 387. The third kappa shape index (κ3) is 3.28. The molecule has 1 N–H and O–H groups in total. The zero-order chi connectivity index (χ0) is 13.9. The summed E-state index contributed by atoms with van der Waals surface area (Å²) in [5.74, 6) is 0. The van der Waals surface area contributed by atoms with Crippen molar-refractivity contribution in [3.05, 3.63) is 35.9 Å². The number of rotatable bonds is 5. The molecule has 1 aromatic rings. The topological polar surface area (TPSA) is 15.3 Å². The Morgan fingerprint density at radius 1 is 1.26 bits per heavy atom. The fourth-order valence-electron chi connectivity index (χ4n) is 2.49. The van der Waals surface area contributed by atoms with E-state index in [-0.39, 0.29) is 6.04 Å². The van der Waals surface area contributed by atoms with Gasteiger partial charge in [-0.1, -0.05) is 37.3 Å². The molecule has 1 saturated heterocycles. The third-order valence-electron chi connectivity index (χ3n) is 3.47. The zero-order valence-electron chi connectivity index (χ0n) is 11.0. The third-order valence-corrected chi connectivity index (χ3v) is 3.47. The Kier molecular flexibility index (Phi) is 4.47. The van der Waals surface area contributed by atoms with Crippen molar-refractivity contribution in [2.75, 3.05) is 19.6 Å². The van der Waals surface area contributed by atoms with Crippen LogP contribution >= 0.6 is 0 Å². The summed E-state index contributed by atoms with van der Waals surface area (Å²) in [5.41, 5.74) is 0.329. The van der Waals surface area contributed by atoms with Gasteiger partial charge in [0.15, 0.2) is 0 Å². The van der Waals surface area contributed by atoms with Crippen molar-refractivity contribution >= 4 is 0 Å². The van der Waals surface area contributed by atoms with Crippen LogP contribution in [0.2, 0.25) is 0 Å². The Morgan fingerprint density at radius 2 is 1.89 bits per heavy atom. The molecule has 19 heavy (non-hydrogen) atoms. The monoisotopic (exact) mass is 272 g/mol. The van der Waals surface area contributed by atoms with Gasteiger partial charge < -0.3 is 5.32 Å². The quantitative estimate of drug-likeness (QED) is 0.886. The molecule has 2 rings (SSSR count). The van der Waals surface area contributed by atoms with Crippen LogP contribution in [-0.2, 0) is 0 Å². The van der Waals surface area contributed by atoms with E-state index in [1.165, 1.54) is 0 Å². The van der Waals surface area contributed by atoms with E-state index in [1.807, 2.05) is 6.92 Å². The van der Waals surface area contributed by atoms with Gasteiger partial charge in [-0.25, -0.2) is 0 Å². The lowest BCUT2D eigenvalue weighted by molar-refractivity contribution is -0.195. The average Bonchev–Trinajstić information content (AvgIpc) is 2.26. The molecule has 1 unspecified atom stereocenters. The number of halogens is 3. The molecule has 1 atom stereocenters. The molecule has 1 aliphatic heterocycles. The van der Waals surface area contributed by atoms with Gasteiger partial charge in [0, 0.05) is 19.1 Å². The lowest BCUT2D eigenvalue weighted by Gasteiger charge is -2.43. The van der Waals surface area contributed by atoms with Crippen LogP contribution in [0.4, 0.5) is 13.2 Å². The summed E-state index contributed by atoms with van der Waals surface area (Å²) in [6, 6.07) is 6.67. The highest BCUT2D eigenvalue weighted by atomic mass is 19.4. The summed E-state index contributed by atoms with van der Waals surface area (Å²) in [6.45, 7) is 3.65. The zero-order valence-corrected chi connectivity index (χ0v) is 11.0. The highest BCUT2D eigenvalue weighted by Gasteiger charge is 2.47. The molecule has 1 heterocycles. The van der Waals surface area contributed by atoms with E-state index in [4.69, 9.17) is 0 Å². The van der Waals surface area contributed by atoms with Crippen LogP contribution in [0.5, 0.6) is 0 Å². The van der Waals surface area contributed by atoms with Gasteiger partial charge in [0.1, 0.15) is 6.04 Å². The SMILES string of the molecule is CCCN(C1CNC1)C(c1ccccc1)C(F)(F)F. The Hall–Kier alpha value is -1.07. The minimum Gasteiger partial charge on any atom is -0.314 e. The van der Waals surface area contributed by atoms with Gasteiger partial charge in [-0.3, -0.25) is 4.90 Å². The molecule has 0 aliphatic carbocycles. The number of benzene rings is 1. The summed E-state index contributed by atoms with van der Waals surface area (Å²) < 4.78 is 40.3. The van der Waals surface area contributed by atoms with Crippen molar-refractivity contribution < 1.29 is 13.2 Å². The normalized spacial score (nSPS) is 18.4. The smallest absolute Gasteiger partial charge is 0.314 e. The molecule has 1 aliphatic rings. The molecule has 2 nitrogen and oxygen atoms in total. The van der Waals surface area contributed by atoms with Crippen molar-refractivity contribution in [3.8, 4) is 0 Å². The van der Waals surface area contributed by atoms with E-state index >= 15 is 0 Å². The maximum atomic E-state index is 13.4. The molecule has 5 heteroatoms. The van der Waals surface area contributed by atoms with E-state index in [9.17, 15) is 13.2 Å². The Morgan fingerprint density at radius 3 is 2.32 bits per heavy atom. The molecule has 1 aromatic carbocycles. The van der Waals surface area contributed by atoms with Gasteiger partial charge in [-0.15, -0.1) is 0 Å². The van der Waals surface area contributed by atoms with Crippen molar-refractivity contribution in [3.63, 3.8) is 0 Å². The molecule has 0 radical (unpaired) electrons. The lowest BCUT2D eigenvalue weighted by Crippen LogP contribution is -2.60. The molecular formula is C14H19F3N2. The second-order valence-electron chi connectivity index (χ2n) is 4.90. The first kappa shape index (κ1) is 14.3. The number of nitrogens with one attached hydrogen (secondary N) is 1. The molecule has 0 bridgehead atoms. The van der Waals surface area contributed by atoms with Crippen molar-refractivity contribution in [1.82, 2.24) is 10.2 Å². The minimum atomic E-state index is -4.24. The number of hydrogen-bond acceptors (Lipinski definition) is 2. The van der Waals surface area contributed by atoms with Crippen LogP contribution in [0.1, 0.15) is 24.9 Å². The first-order chi connectivity index (χ1) is 9.04. The molecule has 0 amide bonds. The molecule has 1 fully saturated rings.